The zero-order chi connectivity index (χ0) is 35.7. The fourth-order valence-electron chi connectivity index (χ4n) is 6.88. The van der Waals surface area contributed by atoms with E-state index in [1.165, 1.54) is 177 Å². The summed E-state index contributed by atoms with van der Waals surface area (Å²) in [7, 11) is 0. The van der Waals surface area contributed by atoms with Gasteiger partial charge in [0.25, 0.3) is 0 Å². The first-order valence-corrected chi connectivity index (χ1v) is 21.5. The van der Waals surface area contributed by atoms with Gasteiger partial charge in [0, 0.05) is 13.1 Å². The van der Waals surface area contributed by atoms with Gasteiger partial charge in [-0.25, -0.2) is 0 Å². The standard InChI is InChI=1S/C46H80N2O2/c1-5-9-13-17-19-23-33-47(31-21-15-11-7-3)35-37-49-41-43-27-25-29-45(39-43)46-30-26-28-44(40-46)42-50-38-36-48(32-22-16-12-8-4)34-24-20-18-14-10-6-2/h25-30,39-40H,5-24,31-38,41-42H2,1-4H3. The summed E-state index contributed by atoms with van der Waals surface area (Å²) in [4.78, 5) is 5.31. The van der Waals surface area contributed by atoms with Gasteiger partial charge in [-0.3, -0.25) is 0 Å². The van der Waals surface area contributed by atoms with Crippen molar-refractivity contribution in [3.63, 3.8) is 0 Å². The first kappa shape index (κ1) is 44.4. The fraction of sp³-hybridized carbons (Fsp3) is 0.739. The van der Waals surface area contributed by atoms with E-state index < -0.39 is 0 Å². The van der Waals surface area contributed by atoms with Gasteiger partial charge in [0.15, 0.2) is 0 Å². The van der Waals surface area contributed by atoms with Crippen LogP contribution in [0.5, 0.6) is 0 Å². The Bertz CT molecular complexity index is 945. The first-order chi connectivity index (χ1) is 24.7. The third-order valence-electron chi connectivity index (χ3n) is 10.1. The van der Waals surface area contributed by atoms with Crippen LogP contribution in [-0.2, 0) is 22.7 Å². The Kier molecular flexibility index (Phi) is 28.4. The highest BCUT2D eigenvalue weighted by atomic mass is 16.5. The van der Waals surface area contributed by atoms with E-state index in [0.717, 1.165) is 26.3 Å². The maximum Gasteiger partial charge on any atom is 0.0717 e. The molecule has 286 valence electrons. The summed E-state index contributed by atoms with van der Waals surface area (Å²) < 4.78 is 12.5. The lowest BCUT2D eigenvalue weighted by Crippen LogP contribution is -2.30. The molecule has 0 aliphatic heterocycles. The van der Waals surface area contributed by atoms with Crippen molar-refractivity contribution < 1.29 is 9.47 Å². The Morgan fingerprint density at radius 3 is 1.06 bits per heavy atom. The van der Waals surface area contributed by atoms with Crippen LogP contribution >= 0.6 is 0 Å². The average Bonchev–Trinajstić information content (AvgIpc) is 3.14. The Labute approximate surface area is 311 Å². The van der Waals surface area contributed by atoms with Gasteiger partial charge in [0.05, 0.1) is 26.4 Å². The van der Waals surface area contributed by atoms with E-state index in [-0.39, 0.29) is 0 Å². The molecule has 0 heterocycles. The minimum atomic E-state index is 0.672. The molecule has 50 heavy (non-hydrogen) atoms. The molecule has 0 spiro atoms. The molecule has 2 aromatic carbocycles. The number of benzene rings is 2. The summed E-state index contributed by atoms with van der Waals surface area (Å²) in [5.74, 6) is 0. The Morgan fingerprint density at radius 2 is 0.700 bits per heavy atom. The summed E-state index contributed by atoms with van der Waals surface area (Å²) in [5.41, 5.74) is 5.01. The van der Waals surface area contributed by atoms with Gasteiger partial charge >= 0.3 is 0 Å². The van der Waals surface area contributed by atoms with Crippen LogP contribution in [0.4, 0.5) is 0 Å². The summed E-state index contributed by atoms with van der Waals surface area (Å²) in [6.45, 7) is 19.1. The molecule has 4 nitrogen and oxygen atoms in total. The zero-order valence-corrected chi connectivity index (χ0v) is 33.5. The second-order valence-electron chi connectivity index (χ2n) is 14.8. The van der Waals surface area contributed by atoms with E-state index in [4.69, 9.17) is 9.47 Å². The predicted molar refractivity (Wildman–Crippen MR) is 219 cm³/mol. The molecule has 2 rings (SSSR count). The second-order valence-corrected chi connectivity index (χ2v) is 14.8. The van der Waals surface area contributed by atoms with E-state index in [9.17, 15) is 0 Å². The second kappa shape index (κ2) is 32.0. The molecular weight excluding hydrogens is 613 g/mol. The van der Waals surface area contributed by atoms with E-state index >= 15 is 0 Å². The van der Waals surface area contributed by atoms with Gasteiger partial charge in [-0.05, 0) is 86.2 Å². The van der Waals surface area contributed by atoms with E-state index in [1.54, 1.807) is 0 Å². The number of hydrogen-bond donors (Lipinski definition) is 0. The molecule has 0 unspecified atom stereocenters. The quantitative estimate of drug-likeness (QED) is 0.0671. The van der Waals surface area contributed by atoms with Crippen LogP contribution in [0.3, 0.4) is 0 Å². The van der Waals surface area contributed by atoms with Gasteiger partial charge in [-0.15, -0.1) is 0 Å². The number of unbranched alkanes of at least 4 members (excludes halogenated alkanes) is 16. The minimum absolute atomic E-state index is 0.672. The Hall–Kier alpha value is -1.72. The lowest BCUT2D eigenvalue weighted by Gasteiger charge is -2.22. The summed E-state index contributed by atoms with van der Waals surface area (Å²) >= 11 is 0. The van der Waals surface area contributed by atoms with Gasteiger partial charge in [-0.2, -0.15) is 0 Å². The monoisotopic (exact) mass is 693 g/mol. The largest absolute Gasteiger partial charge is 0.375 e. The smallest absolute Gasteiger partial charge is 0.0717 e. The highest BCUT2D eigenvalue weighted by Gasteiger charge is 2.08. The van der Waals surface area contributed by atoms with Gasteiger partial charge < -0.3 is 19.3 Å². The van der Waals surface area contributed by atoms with Crippen molar-refractivity contribution in [3.05, 3.63) is 59.7 Å². The third-order valence-corrected chi connectivity index (χ3v) is 10.1. The maximum atomic E-state index is 6.25. The Morgan fingerprint density at radius 1 is 0.380 bits per heavy atom. The topological polar surface area (TPSA) is 24.9 Å². The van der Waals surface area contributed by atoms with Crippen molar-refractivity contribution in [2.45, 2.75) is 169 Å². The molecule has 0 aliphatic rings. The van der Waals surface area contributed by atoms with Gasteiger partial charge in [0.2, 0.25) is 0 Å². The van der Waals surface area contributed by atoms with E-state index in [1.807, 2.05) is 0 Å². The average molecular weight is 693 g/mol. The number of hydrogen-bond acceptors (Lipinski definition) is 4. The minimum Gasteiger partial charge on any atom is -0.375 e. The molecule has 4 heteroatoms. The molecule has 0 amide bonds. The molecule has 0 saturated carbocycles. The van der Waals surface area contributed by atoms with Crippen LogP contribution in [0.1, 0.15) is 167 Å². The van der Waals surface area contributed by atoms with Crippen LogP contribution in [0.2, 0.25) is 0 Å². The Balaban J connectivity index is 1.79. The molecule has 0 saturated heterocycles. The van der Waals surface area contributed by atoms with Crippen molar-refractivity contribution in [1.82, 2.24) is 9.80 Å². The molecule has 0 bridgehead atoms. The fourth-order valence-corrected chi connectivity index (χ4v) is 6.88. The van der Waals surface area contributed by atoms with Crippen LogP contribution in [-0.4, -0.2) is 62.3 Å². The van der Waals surface area contributed by atoms with Crippen molar-refractivity contribution in [2.75, 3.05) is 52.5 Å². The lowest BCUT2D eigenvalue weighted by atomic mass is 10.0. The SMILES string of the molecule is CCCCCCCCN(CCCCCC)CCOCc1cccc(-c2cccc(COCCN(CCCCCC)CCCCCCCC)c2)c1. The van der Waals surface area contributed by atoms with E-state index in [2.05, 4.69) is 86.0 Å². The zero-order valence-electron chi connectivity index (χ0n) is 33.5. The van der Waals surface area contributed by atoms with Crippen LogP contribution in [0.25, 0.3) is 11.1 Å². The van der Waals surface area contributed by atoms with Crippen LogP contribution in [0.15, 0.2) is 48.5 Å². The highest BCUT2D eigenvalue weighted by Crippen LogP contribution is 2.23. The molecule has 0 aromatic heterocycles. The normalized spacial score (nSPS) is 11.7. The molecule has 0 atom stereocenters. The van der Waals surface area contributed by atoms with E-state index in [0.29, 0.717) is 13.2 Å². The van der Waals surface area contributed by atoms with Crippen molar-refractivity contribution in [2.24, 2.45) is 0 Å². The third kappa shape index (κ3) is 23.0. The first-order valence-electron chi connectivity index (χ1n) is 21.5. The summed E-state index contributed by atoms with van der Waals surface area (Å²) in [6.07, 6.45) is 27.0. The number of nitrogens with zero attached hydrogens (tertiary/aromatic N) is 2. The molecule has 0 N–H and O–H groups in total. The predicted octanol–water partition coefficient (Wildman–Crippen LogP) is 12.9. The van der Waals surface area contributed by atoms with Crippen molar-refractivity contribution in [1.29, 1.82) is 0 Å². The summed E-state index contributed by atoms with van der Waals surface area (Å²) in [5, 5.41) is 0. The molecule has 2 aromatic rings. The highest BCUT2D eigenvalue weighted by molar-refractivity contribution is 5.64. The molecule has 0 fully saturated rings. The number of rotatable bonds is 35. The molecular formula is C46H80N2O2. The number of ether oxygens (including phenoxy) is 2. The maximum absolute atomic E-state index is 6.25. The van der Waals surface area contributed by atoms with Crippen LogP contribution in [0, 0.1) is 0 Å². The molecule has 0 aliphatic carbocycles. The van der Waals surface area contributed by atoms with Crippen molar-refractivity contribution >= 4 is 0 Å². The lowest BCUT2D eigenvalue weighted by molar-refractivity contribution is 0.0911. The van der Waals surface area contributed by atoms with Crippen molar-refractivity contribution in [3.8, 4) is 11.1 Å². The van der Waals surface area contributed by atoms with Gasteiger partial charge in [-0.1, -0.05) is 167 Å². The van der Waals surface area contributed by atoms with Crippen LogP contribution < -0.4 is 0 Å². The summed E-state index contributed by atoms with van der Waals surface area (Å²) in [6, 6.07) is 17.8. The van der Waals surface area contributed by atoms with Gasteiger partial charge in [0.1, 0.15) is 0 Å². The molecule has 0 radical (unpaired) electrons.